The van der Waals surface area contributed by atoms with Crippen molar-refractivity contribution in [1.29, 1.82) is 0 Å². The van der Waals surface area contributed by atoms with Gasteiger partial charge in [-0.2, -0.15) is 4.39 Å². The number of hydrogen-bond donors (Lipinski definition) is 1. The fraction of sp³-hybridized carbons (Fsp3) is 0. The van der Waals surface area contributed by atoms with Crippen LogP contribution in [0, 0.1) is 15.9 Å². The molecule has 0 unspecified atom stereocenters. The van der Waals surface area contributed by atoms with Crippen molar-refractivity contribution in [2.75, 3.05) is 0 Å². The number of rotatable bonds is 3. The Morgan fingerprint density at radius 3 is 2.53 bits per heavy atom. The quantitative estimate of drug-likeness (QED) is 0.680. The molecule has 19 heavy (non-hydrogen) atoms. The molecule has 2 aromatic carbocycles. The highest BCUT2D eigenvalue weighted by atomic mass is 19.1. The Bertz CT molecular complexity index is 669. The average Bonchev–Trinajstić information content (AvgIpc) is 2.39. The summed E-state index contributed by atoms with van der Waals surface area (Å²) in [6.07, 6.45) is 0. The second kappa shape index (κ2) is 4.85. The molecule has 0 bridgehead atoms. The van der Waals surface area contributed by atoms with Crippen LogP contribution in [0.3, 0.4) is 0 Å². The molecule has 1 N–H and O–H groups in total. The summed E-state index contributed by atoms with van der Waals surface area (Å²) in [5.74, 6) is -2.11. The average molecular weight is 261 g/mol. The molecule has 0 atom stereocenters. The third-order valence-electron chi connectivity index (χ3n) is 2.61. The molecule has 6 heteroatoms. The highest BCUT2D eigenvalue weighted by Crippen LogP contribution is 2.28. The van der Waals surface area contributed by atoms with E-state index in [2.05, 4.69) is 0 Å². The molecular weight excluding hydrogens is 253 g/mol. The number of carboxylic acids is 1. The molecule has 0 aliphatic rings. The maximum atomic E-state index is 13.2. The molecule has 2 rings (SSSR count). The predicted octanol–water partition coefficient (Wildman–Crippen LogP) is 3.10. The lowest BCUT2D eigenvalue weighted by atomic mass is 9.99. The highest BCUT2D eigenvalue weighted by molar-refractivity contribution is 5.96. The first-order valence-corrected chi connectivity index (χ1v) is 5.27. The Labute approximate surface area is 107 Å². The van der Waals surface area contributed by atoms with Gasteiger partial charge in [0.15, 0.2) is 0 Å². The first-order chi connectivity index (χ1) is 9.00. The second-order valence-corrected chi connectivity index (χ2v) is 3.77. The van der Waals surface area contributed by atoms with Crippen molar-refractivity contribution in [3.05, 3.63) is 64.0 Å². The van der Waals surface area contributed by atoms with Crippen LogP contribution in [-0.2, 0) is 0 Å². The minimum Gasteiger partial charge on any atom is -0.478 e. The molecule has 0 amide bonds. The van der Waals surface area contributed by atoms with Gasteiger partial charge in [0.1, 0.15) is 0 Å². The van der Waals surface area contributed by atoms with Crippen molar-refractivity contribution in [3.8, 4) is 11.1 Å². The third kappa shape index (κ3) is 2.42. The summed E-state index contributed by atoms with van der Waals surface area (Å²) in [5.41, 5.74) is -0.0923. The van der Waals surface area contributed by atoms with Gasteiger partial charge in [0.2, 0.25) is 5.82 Å². The Morgan fingerprint density at radius 2 is 1.89 bits per heavy atom. The fourth-order valence-corrected chi connectivity index (χ4v) is 1.74. The molecule has 0 saturated heterocycles. The number of benzene rings is 2. The van der Waals surface area contributed by atoms with Crippen LogP contribution in [-0.4, -0.2) is 16.0 Å². The monoisotopic (exact) mass is 261 g/mol. The van der Waals surface area contributed by atoms with E-state index in [1.807, 2.05) is 0 Å². The van der Waals surface area contributed by atoms with E-state index in [4.69, 9.17) is 5.11 Å². The van der Waals surface area contributed by atoms with Crippen molar-refractivity contribution in [2.45, 2.75) is 0 Å². The summed E-state index contributed by atoms with van der Waals surface area (Å²) in [7, 11) is 0. The fourth-order valence-electron chi connectivity index (χ4n) is 1.74. The Balaban J connectivity index is 2.63. The Kier molecular flexibility index (Phi) is 3.24. The van der Waals surface area contributed by atoms with E-state index in [0.717, 1.165) is 12.1 Å². The number of nitro groups is 1. The van der Waals surface area contributed by atoms with Gasteiger partial charge in [0.05, 0.1) is 10.5 Å². The van der Waals surface area contributed by atoms with Crippen LogP contribution in [0.2, 0.25) is 0 Å². The van der Waals surface area contributed by atoms with E-state index in [1.165, 1.54) is 18.2 Å². The maximum absolute atomic E-state index is 13.2. The van der Waals surface area contributed by atoms with Crippen molar-refractivity contribution < 1.29 is 19.2 Å². The zero-order valence-corrected chi connectivity index (χ0v) is 9.54. The Hall–Kier alpha value is -2.76. The van der Waals surface area contributed by atoms with E-state index < -0.39 is 22.4 Å². The molecular formula is C13H8FNO4. The lowest BCUT2D eigenvalue weighted by molar-refractivity contribution is -0.387. The van der Waals surface area contributed by atoms with E-state index in [1.54, 1.807) is 12.1 Å². The van der Waals surface area contributed by atoms with Gasteiger partial charge in [0, 0.05) is 6.07 Å². The number of hydrogen-bond acceptors (Lipinski definition) is 3. The number of halogens is 1. The summed E-state index contributed by atoms with van der Waals surface area (Å²) in [5, 5.41) is 19.7. The van der Waals surface area contributed by atoms with Crippen molar-refractivity contribution >= 4 is 11.7 Å². The molecule has 0 heterocycles. The zero-order chi connectivity index (χ0) is 14.0. The lowest BCUT2D eigenvalue weighted by Crippen LogP contribution is -2.00. The first-order valence-electron chi connectivity index (χ1n) is 5.27. The van der Waals surface area contributed by atoms with Gasteiger partial charge in [-0.3, -0.25) is 10.1 Å². The van der Waals surface area contributed by atoms with Gasteiger partial charge in [-0.1, -0.05) is 24.3 Å². The largest absolute Gasteiger partial charge is 0.478 e. The number of aromatic carboxylic acids is 1. The summed E-state index contributed by atoms with van der Waals surface area (Å²) in [6.45, 7) is 0. The molecule has 0 spiro atoms. The zero-order valence-electron chi connectivity index (χ0n) is 9.54. The Morgan fingerprint density at radius 1 is 1.21 bits per heavy atom. The van der Waals surface area contributed by atoms with Gasteiger partial charge in [0.25, 0.3) is 0 Å². The van der Waals surface area contributed by atoms with Crippen LogP contribution in [0.15, 0.2) is 42.5 Å². The molecule has 0 radical (unpaired) electrons. The maximum Gasteiger partial charge on any atom is 0.336 e. The number of nitro benzene ring substituents is 1. The summed E-state index contributed by atoms with van der Waals surface area (Å²) in [6, 6.07) is 9.34. The van der Waals surface area contributed by atoms with Crippen molar-refractivity contribution in [1.82, 2.24) is 0 Å². The minimum absolute atomic E-state index is 0.00315. The molecule has 2 aromatic rings. The standard InChI is InChI=1S/C13H8FNO4/c14-11-6-5-8(7-12(11)15(18)19)9-3-1-2-4-10(9)13(16)17/h1-7H,(H,16,17). The summed E-state index contributed by atoms with van der Waals surface area (Å²) >= 11 is 0. The third-order valence-corrected chi connectivity index (χ3v) is 2.61. The lowest BCUT2D eigenvalue weighted by Gasteiger charge is -2.06. The van der Waals surface area contributed by atoms with Gasteiger partial charge >= 0.3 is 11.7 Å². The SMILES string of the molecule is O=C(O)c1ccccc1-c1ccc(F)c([N+](=O)[O-])c1. The molecule has 5 nitrogen and oxygen atoms in total. The van der Waals surface area contributed by atoms with E-state index in [-0.39, 0.29) is 11.1 Å². The van der Waals surface area contributed by atoms with Crippen LogP contribution in [0.1, 0.15) is 10.4 Å². The van der Waals surface area contributed by atoms with Gasteiger partial charge in [-0.15, -0.1) is 0 Å². The van der Waals surface area contributed by atoms with Crippen LogP contribution in [0.4, 0.5) is 10.1 Å². The van der Waals surface area contributed by atoms with Crippen molar-refractivity contribution in [2.24, 2.45) is 0 Å². The number of nitrogens with zero attached hydrogens (tertiary/aromatic N) is 1. The topological polar surface area (TPSA) is 80.4 Å². The molecule has 0 saturated carbocycles. The summed E-state index contributed by atoms with van der Waals surface area (Å²) < 4.78 is 13.2. The van der Waals surface area contributed by atoms with E-state index >= 15 is 0 Å². The normalized spacial score (nSPS) is 10.2. The molecule has 0 aromatic heterocycles. The highest BCUT2D eigenvalue weighted by Gasteiger charge is 2.17. The van der Waals surface area contributed by atoms with Crippen molar-refractivity contribution in [3.63, 3.8) is 0 Å². The van der Waals surface area contributed by atoms with E-state index in [9.17, 15) is 19.3 Å². The molecule has 0 aliphatic heterocycles. The van der Waals surface area contributed by atoms with Gasteiger partial charge in [-0.05, 0) is 23.3 Å². The van der Waals surface area contributed by atoms with Crippen LogP contribution in [0.25, 0.3) is 11.1 Å². The van der Waals surface area contributed by atoms with Crippen LogP contribution in [0.5, 0.6) is 0 Å². The van der Waals surface area contributed by atoms with Gasteiger partial charge in [-0.25, -0.2) is 4.79 Å². The molecule has 96 valence electrons. The summed E-state index contributed by atoms with van der Waals surface area (Å²) in [4.78, 5) is 20.9. The minimum atomic E-state index is -1.15. The number of carbonyl (C=O) groups is 1. The van der Waals surface area contributed by atoms with Crippen LogP contribution >= 0.6 is 0 Å². The van der Waals surface area contributed by atoms with Gasteiger partial charge < -0.3 is 5.11 Å². The number of carboxylic acid groups (broad SMARTS) is 1. The second-order valence-electron chi connectivity index (χ2n) is 3.77. The molecule has 0 aliphatic carbocycles. The predicted molar refractivity (Wildman–Crippen MR) is 65.4 cm³/mol. The first kappa shape index (κ1) is 12.7. The smallest absolute Gasteiger partial charge is 0.336 e. The van der Waals surface area contributed by atoms with E-state index in [0.29, 0.717) is 5.56 Å². The van der Waals surface area contributed by atoms with Crippen LogP contribution < -0.4 is 0 Å². The molecule has 0 fully saturated rings.